The Morgan fingerprint density at radius 1 is 1.44 bits per heavy atom. The molecule has 1 amide bonds. The number of nitrogens with one attached hydrogen (secondary N) is 2. The molecule has 18 heavy (non-hydrogen) atoms. The molecular formula is C13H15N3OS. The van der Waals surface area contributed by atoms with Gasteiger partial charge in [-0.15, -0.1) is 0 Å². The summed E-state index contributed by atoms with van der Waals surface area (Å²) in [4.78, 5) is 11.9. The lowest BCUT2D eigenvalue weighted by molar-refractivity contribution is -0.121. The van der Waals surface area contributed by atoms with Crippen molar-refractivity contribution in [1.82, 2.24) is 9.69 Å². The van der Waals surface area contributed by atoms with E-state index in [0.29, 0.717) is 6.04 Å². The lowest BCUT2D eigenvalue weighted by Crippen LogP contribution is -2.38. The molecule has 0 bridgehead atoms. The number of nitrogens with zero attached hydrogens (tertiary/aromatic N) is 1. The molecule has 1 aromatic heterocycles. The molecule has 1 saturated carbocycles. The van der Waals surface area contributed by atoms with Crippen LogP contribution in [-0.4, -0.2) is 22.4 Å². The van der Waals surface area contributed by atoms with Crippen molar-refractivity contribution in [2.75, 3.05) is 5.32 Å². The Labute approximate surface area is 110 Å². The highest BCUT2D eigenvalue weighted by Crippen LogP contribution is 2.28. The highest BCUT2D eigenvalue weighted by molar-refractivity contribution is 7.11. The summed E-state index contributed by atoms with van der Waals surface area (Å²) in [5, 5.41) is 8.28. The highest BCUT2D eigenvalue weighted by atomic mass is 32.1. The van der Waals surface area contributed by atoms with E-state index in [1.807, 2.05) is 31.2 Å². The van der Waals surface area contributed by atoms with Gasteiger partial charge in [0.2, 0.25) is 5.91 Å². The molecule has 1 fully saturated rings. The van der Waals surface area contributed by atoms with Crippen molar-refractivity contribution < 1.29 is 4.79 Å². The van der Waals surface area contributed by atoms with E-state index in [-0.39, 0.29) is 11.9 Å². The minimum absolute atomic E-state index is 0.0648. The molecule has 1 aliphatic carbocycles. The smallest absolute Gasteiger partial charge is 0.242 e. The Morgan fingerprint density at radius 3 is 3.00 bits per heavy atom. The van der Waals surface area contributed by atoms with Gasteiger partial charge in [0.25, 0.3) is 0 Å². The van der Waals surface area contributed by atoms with Gasteiger partial charge in [0.05, 0.1) is 5.52 Å². The van der Waals surface area contributed by atoms with E-state index in [0.717, 1.165) is 28.7 Å². The van der Waals surface area contributed by atoms with E-state index in [4.69, 9.17) is 0 Å². The molecule has 3 rings (SSSR count). The van der Waals surface area contributed by atoms with Crippen LogP contribution < -0.4 is 10.6 Å². The summed E-state index contributed by atoms with van der Waals surface area (Å²) < 4.78 is 4.35. The average molecular weight is 261 g/mol. The van der Waals surface area contributed by atoms with Gasteiger partial charge in [-0.2, -0.15) is 4.37 Å². The fourth-order valence-corrected chi connectivity index (χ4v) is 2.66. The third kappa shape index (κ3) is 2.31. The van der Waals surface area contributed by atoms with Gasteiger partial charge < -0.3 is 10.6 Å². The topological polar surface area (TPSA) is 54.0 Å². The number of rotatable bonds is 4. The molecule has 0 spiro atoms. The van der Waals surface area contributed by atoms with Gasteiger partial charge in [-0.25, -0.2) is 0 Å². The zero-order chi connectivity index (χ0) is 12.5. The SMILES string of the molecule is CC(Nc1snc2ccccc12)C(=O)NC1CC1. The first kappa shape index (κ1) is 11.5. The van der Waals surface area contributed by atoms with Gasteiger partial charge in [-0.1, -0.05) is 12.1 Å². The summed E-state index contributed by atoms with van der Waals surface area (Å²) in [6.07, 6.45) is 2.23. The Balaban J connectivity index is 1.72. The number of fused-ring (bicyclic) bond motifs is 1. The zero-order valence-electron chi connectivity index (χ0n) is 10.1. The fourth-order valence-electron chi connectivity index (χ4n) is 1.81. The van der Waals surface area contributed by atoms with Crippen molar-refractivity contribution >= 4 is 33.3 Å². The van der Waals surface area contributed by atoms with Crippen LogP contribution in [0.15, 0.2) is 24.3 Å². The maximum absolute atomic E-state index is 11.9. The standard InChI is InChI=1S/C13H15N3OS/c1-8(12(17)15-9-6-7-9)14-13-10-4-2-3-5-11(10)16-18-13/h2-5,8-9,14H,6-7H2,1H3,(H,15,17). The molecule has 2 aromatic rings. The third-order valence-corrected chi connectivity index (χ3v) is 3.86. The lowest BCUT2D eigenvalue weighted by atomic mass is 10.2. The summed E-state index contributed by atoms with van der Waals surface area (Å²) in [6.45, 7) is 1.88. The molecule has 0 radical (unpaired) electrons. The van der Waals surface area contributed by atoms with Gasteiger partial charge in [0, 0.05) is 11.4 Å². The van der Waals surface area contributed by atoms with Crippen LogP contribution in [0.5, 0.6) is 0 Å². The van der Waals surface area contributed by atoms with E-state index >= 15 is 0 Å². The van der Waals surface area contributed by atoms with E-state index in [1.54, 1.807) is 0 Å². The molecule has 2 N–H and O–H groups in total. The van der Waals surface area contributed by atoms with Crippen LogP contribution in [0, 0.1) is 0 Å². The second-order valence-corrected chi connectivity index (χ2v) is 5.45. The summed E-state index contributed by atoms with van der Waals surface area (Å²) in [6, 6.07) is 8.12. The van der Waals surface area contributed by atoms with Gasteiger partial charge in [-0.05, 0) is 43.4 Å². The first-order chi connectivity index (χ1) is 8.74. The monoisotopic (exact) mass is 261 g/mol. The Bertz CT molecular complexity index is 576. The van der Waals surface area contributed by atoms with Crippen LogP contribution in [0.2, 0.25) is 0 Å². The Hall–Kier alpha value is -1.62. The van der Waals surface area contributed by atoms with Crippen molar-refractivity contribution in [2.45, 2.75) is 31.8 Å². The minimum atomic E-state index is -0.227. The van der Waals surface area contributed by atoms with Gasteiger partial charge in [0.1, 0.15) is 11.0 Å². The summed E-state index contributed by atoms with van der Waals surface area (Å²) in [5.74, 6) is 0.0648. The fraction of sp³-hybridized carbons (Fsp3) is 0.385. The number of hydrogen-bond acceptors (Lipinski definition) is 4. The van der Waals surface area contributed by atoms with Gasteiger partial charge in [0.15, 0.2) is 0 Å². The molecule has 5 heteroatoms. The van der Waals surface area contributed by atoms with Crippen molar-refractivity contribution in [3.63, 3.8) is 0 Å². The second-order valence-electron chi connectivity index (χ2n) is 4.68. The molecule has 0 aliphatic heterocycles. The summed E-state index contributed by atoms with van der Waals surface area (Å²) in [7, 11) is 0. The molecule has 1 atom stereocenters. The summed E-state index contributed by atoms with van der Waals surface area (Å²) in [5.41, 5.74) is 0.972. The maximum atomic E-state index is 11.9. The number of benzene rings is 1. The molecule has 1 unspecified atom stereocenters. The molecular weight excluding hydrogens is 246 g/mol. The number of amides is 1. The number of carbonyl (C=O) groups excluding carboxylic acids is 1. The number of anilines is 1. The summed E-state index contributed by atoms with van der Waals surface area (Å²) >= 11 is 1.40. The van der Waals surface area contributed by atoms with Crippen LogP contribution >= 0.6 is 11.5 Å². The molecule has 0 saturated heterocycles. The molecule has 1 heterocycles. The minimum Gasteiger partial charge on any atom is -0.364 e. The van der Waals surface area contributed by atoms with E-state index < -0.39 is 0 Å². The van der Waals surface area contributed by atoms with Crippen LogP contribution in [-0.2, 0) is 4.79 Å². The maximum Gasteiger partial charge on any atom is 0.242 e. The average Bonchev–Trinajstić information content (AvgIpc) is 3.10. The predicted octanol–water partition coefficient (Wildman–Crippen LogP) is 2.38. The number of carbonyl (C=O) groups is 1. The van der Waals surface area contributed by atoms with Crippen molar-refractivity contribution in [2.24, 2.45) is 0 Å². The number of aromatic nitrogens is 1. The lowest BCUT2D eigenvalue weighted by Gasteiger charge is -2.13. The zero-order valence-corrected chi connectivity index (χ0v) is 11.0. The van der Waals surface area contributed by atoms with Crippen molar-refractivity contribution in [1.29, 1.82) is 0 Å². The quantitative estimate of drug-likeness (QED) is 0.888. The van der Waals surface area contributed by atoms with E-state index in [1.165, 1.54) is 11.5 Å². The van der Waals surface area contributed by atoms with Crippen LogP contribution in [0.1, 0.15) is 19.8 Å². The van der Waals surface area contributed by atoms with Gasteiger partial charge >= 0.3 is 0 Å². The van der Waals surface area contributed by atoms with E-state index in [9.17, 15) is 4.79 Å². The Kier molecular flexibility index (Phi) is 2.91. The normalized spacial score (nSPS) is 16.5. The van der Waals surface area contributed by atoms with Crippen molar-refractivity contribution in [3.8, 4) is 0 Å². The van der Waals surface area contributed by atoms with Crippen LogP contribution in [0.4, 0.5) is 5.00 Å². The van der Waals surface area contributed by atoms with Crippen molar-refractivity contribution in [3.05, 3.63) is 24.3 Å². The first-order valence-electron chi connectivity index (χ1n) is 6.15. The van der Waals surface area contributed by atoms with Gasteiger partial charge in [-0.3, -0.25) is 4.79 Å². The predicted molar refractivity (Wildman–Crippen MR) is 73.9 cm³/mol. The molecule has 94 valence electrons. The first-order valence-corrected chi connectivity index (χ1v) is 6.93. The largest absolute Gasteiger partial charge is 0.364 e. The van der Waals surface area contributed by atoms with Crippen LogP contribution in [0.25, 0.3) is 10.9 Å². The van der Waals surface area contributed by atoms with E-state index in [2.05, 4.69) is 15.0 Å². The Morgan fingerprint density at radius 2 is 2.22 bits per heavy atom. The molecule has 1 aliphatic rings. The van der Waals surface area contributed by atoms with Crippen LogP contribution in [0.3, 0.4) is 0 Å². The number of hydrogen-bond donors (Lipinski definition) is 2. The molecule has 1 aromatic carbocycles. The highest BCUT2D eigenvalue weighted by Gasteiger charge is 2.25. The molecule has 4 nitrogen and oxygen atoms in total. The third-order valence-electron chi connectivity index (χ3n) is 3.05. The second kappa shape index (κ2) is 4.57.